The summed E-state index contributed by atoms with van der Waals surface area (Å²) in [5.41, 5.74) is 5.64. The number of benzene rings is 1. The highest BCUT2D eigenvalue weighted by Gasteiger charge is 2.23. The molecule has 96 valence electrons. The van der Waals surface area contributed by atoms with Gasteiger partial charge in [-0.25, -0.2) is 10.8 Å². The average molecular weight is 244 g/mol. The van der Waals surface area contributed by atoms with Crippen LogP contribution in [0.25, 0.3) is 0 Å². The maximum atomic E-state index is 5.63. The summed E-state index contributed by atoms with van der Waals surface area (Å²) in [5, 5.41) is 0. The molecule has 18 heavy (non-hydrogen) atoms. The van der Waals surface area contributed by atoms with Gasteiger partial charge in [-0.1, -0.05) is 24.3 Å². The second-order valence-electron chi connectivity index (χ2n) is 5.12. The Labute approximate surface area is 108 Å². The normalized spacial score (nSPS) is 20.3. The predicted octanol–water partition coefficient (Wildman–Crippen LogP) is 1.42. The minimum atomic E-state index is 0.495. The van der Waals surface area contributed by atoms with E-state index in [1.54, 1.807) is 0 Å². The van der Waals surface area contributed by atoms with E-state index >= 15 is 0 Å². The number of nitrogens with two attached hydrogens (primary N) is 1. The summed E-state index contributed by atoms with van der Waals surface area (Å²) in [6, 6.07) is 9.16. The fourth-order valence-corrected chi connectivity index (χ4v) is 2.47. The van der Waals surface area contributed by atoms with Crippen molar-refractivity contribution < 1.29 is 0 Å². The third-order valence-electron chi connectivity index (χ3n) is 3.63. The third-order valence-corrected chi connectivity index (χ3v) is 3.63. The molecule has 0 amide bonds. The maximum absolute atomic E-state index is 5.63. The maximum Gasteiger partial charge on any atom is 0.208 e. The van der Waals surface area contributed by atoms with Gasteiger partial charge >= 0.3 is 0 Å². The van der Waals surface area contributed by atoms with Crippen LogP contribution in [-0.4, -0.2) is 23.4 Å². The second-order valence-corrected chi connectivity index (χ2v) is 5.12. The molecule has 1 saturated carbocycles. The van der Waals surface area contributed by atoms with Crippen molar-refractivity contribution in [3.8, 4) is 0 Å². The van der Waals surface area contributed by atoms with Gasteiger partial charge in [0.05, 0.1) is 6.04 Å². The molecule has 4 nitrogen and oxygen atoms in total. The van der Waals surface area contributed by atoms with Crippen molar-refractivity contribution in [1.82, 2.24) is 10.3 Å². The number of aryl methyl sites for hydroxylation is 1. The summed E-state index contributed by atoms with van der Waals surface area (Å²) in [6.45, 7) is 1.93. The first kappa shape index (κ1) is 11.5. The van der Waals surface area contributed by atoms with Crippen LogP contribution in [0.5, 0.6) is 0 Å². The molecular weight excluding hydrogens is 224 g/mol. The summed E-state index contributed by atoms with van der Waals surface area (Å²) >= 11 is 0. The molecule has 4 heteroatoms. The van der Waals surface area contributed by atoms with Gasteiger partial charge in [-0.15, -0.1) is 0 Å². The zero-order valence-electron chi connectivity index (χ0n) is 10.6. The molecule has 0 radical (unpaired) electrons. The van der Waals surface area contributed by atoms with Crippen molar-refractivity contribution in [3.63, 3.8) is 0 Å². The van der Waals surface area contributed by atoms with Crippen molar-refractivity contribution in [2.24, 2.45) is 10.8 Å². The van der Waals surface area contributed by atoms with Gasteiger partial charge in [-0.05, 0) is 36.8 Å². The Kier molecular flexibility index (Phi) is 3.19. The molecule has 1 heterocycles. The average Bonchev–Trinajstić information content (AvgIpc) is 3.22. The fraction of sp³-hybridized carbons (Fsp3) is 0.500. The molecule has 1 aromatic rings. The molecule has 3 N–H and O–H groups in total. The number of nitrogens with zero attached hydrogens (tertiary/aromatic N) is 2. The number of nitrogens with one attached hydrogen (secondary N) is 1. The standard InChI is InChI=1S/C14H20N4/c15-17-14(16-13-7-8-13)18-9-3-6-11-4-1-2-5-12(11)10-18/h1-2,4-5,13H,3,6-10,15H2,(H,16,17). The highest BCUT2D eigenvalue weighted by molar-refractivity contribution is 5.79. The van der Waals surface area contributed by atoms with Gasteiger partial charge in [-0.3, -0.25) is 5.43 Å². The number of fused-ring (bicyclic) bond motifs is 1. The van der Waals surface area contributed by atoms with Crippen LogP contribution in [0.15, 0.2) is 29.3 Å². The first-order valence-corrected chi connectivity index (χ1v) is 6.73. The van der Waals surface area contributed by atoms with Crippen LogP contribution < -0.4 is 11.3 Å². The Morgan fingerprint density at radius 3 is 2.78 bits per heavy atom. The quantitative estimate of drug-likeness (QED) is 0.340. The first-order valence-electron chi connectivity index (χ1n) is 6.73. The van der Waals surface area contributed by atoms with Crippen LogP contribution in [0.4, 0.5) is 0 Å². The second kappa shape index (κ2) is 4.98. The fourth-order valence-electron chi connectivity index (χ4n) is 2.47. The summed E-state index contributed by atoms with van der Waals surface area (Å²) in [4.78, 5) is 6.92. The topological polar surface area (TPSA) is 53.6 Å². The van der Waals surface area contributed by atoms with E-state index in [9.17, 15) is 0 Å². The van der Waals surface area contributed by atoms with E-state index in [1.807, 2.05) is 0 Å². The number of hydrogen-bond donors (Lipinski definition) is 2. The lowest BCUT2D eigenvalue weighted by Crippen LogP contribution is -2.44. The predicted molar refractivity (Wildman–Crippen MR) is 73.0 cm³/mol. The van der Waals surface area contributed by atoms with Crippen molar-refractivity contribution in [2.75, 3.05) is 6.54 Å². The van der Waals surface area contributed by atoms with E-state index in [1.165, 1.54) is 24.0 Å². The molecule has 0 bridgehead atoms. The zero-order valence-corrected chi connectivity index (χ0v) is 10.6. The lowest BCUT2D eigenvalue weighted by atomic mass is 10.0. The molecule has 1 aliphatic heterocycles. The minimum absolute atomic E-state index is 0.495. The van der Waals surface area contributed by atoms with Gasteiger partial charge in [-0.2, -0.15) is 0 Å². The molecule has 0 aromatic heterocycles. The summed E-state index contributed by atoms with van der Waals surface area (Å²) in [7, 11) is 0. The Bertz CT molecular complexity index is 451. The highest BCUT2D eigenvalue weighted by Crippen LogP contribution is 2.24. The van der Waals surface area contributed by atoms with Crippen LogP contribution in [0.3, 0.4) is 0 Å². The van der Waals surface area contributed by atoms with E-state index in [0.29, 0.717) is 6.04 Å². The van der Waals surface area contributed by atoms with Gasteiger partial charge in [0.1, 0.15) is 0 Å². The van der Waals surface area contributed by atoms with Crippen molar-refractivity contribution in [2.45, 2.75) is 38.3 Å². The van der Waals surface area contributed by atoms with E-state index in [-0.39, 0.29) is 0 Å². The number of guanidine groups is 1. The monoisotopic (exact) mass is 244 g/mol. The molecule has 1 fully saturated rings. The number of aliphatic imine (C=N–C) groups is 1. The number of rotatable bonds is 1. The third kappa shape index (κ3) is 2.48. The first-order chi connectivity index (χ1) is 8.86. The van der Waals surface area contributed by atoms with E-state index in [2.05, 4.69) is 39.6 Å². The Morgan fingerprint density at radius 2 is 2.06 bits per heavy atom. The van der Waals surface area contributed by atoms with Crippen LogP contribution >= 0.6 is 0 Å². The smallest absolute Gasteiger partial charge is 0.208 e. The molecule has 0 saturated heterocycles. The van der Waals surface area contributed by atoms with Crippen molar-refractivity contribution >= 4 is 5.96 Å². The lowest BCUT2D eigenvalue weighted by Gasteiger charge is -2.24. The van der Waals surface area contributed by atoms with Gasteiger partial charge in [0.2, 0.25) is 5.96 Å². The van der Waals surface area contributed by atoms with Crippen LogP contribution in [0, 0.1) is 0 Å². The molecule has 0 unspecified atom stereocenters. The van der Waals surface area contributed by atoms with Crippen LogP contribution in [0.2, 0.25) is 0 Å². The van der Waals surface area contributed by atoms with Gasteiger partial charge < -0.3 is 4.90 Å². The molecule has 2 aliphatic rings. The highest BCUT2D eigenvalue weighted by atomic mass is 15.4. The summed E-state index contributed by atoms with van der Waals surface area (Å²) in [6.07, 6.45) is 4.71. The zero-order chi connectivity index (χ0) is 12.4. The van der Waals surface area contributed by atoms with Crippen molar-refractivity contribution in [1.29, 1.82) is 0 Å². The molecule has 3 rings (SSSR count). The molecule has 1 aliphatic carbocycles. The molecule has 0 spiro atoms. The Morgan fingerprint density at radius 1 is 1.28 bits per heavy atom. The van der Waals surface area contributed by atoms with E-state index in [4.69, 9.17) is 5.84 Å². The Hall–Kier alpha value is -1.55. The molecule has 0 atom stereocenters. The van der Waals surface area contributed by atoms with Crippen LogP contribution in [-0.2, 0) is 13.0 Å². The largest absolute Gasteiger partial charge is 0.338 e. The molecule has 1 aromatic carbocycles. The van der Waals surface area contributed by atoms with Gasteiger partial charge in [0, 0.05) is 13.1 Å². The summed E-state index contributed by atoms with van der Waals surface area (Å²) in [5.74, 6) is 6.48. The van der Waals surface area contributed by atoms with E-state index in [0.717, 1.165) is 31.9 Å². The number of hydrogen-bond acceptors (Lipinski definition) is 2. The Balaban J connectivity index is 1.81. The van der Waals surface area contributed by atoms with Crippen molar-refractivity contribution in [3.05, 3.63) is 35.4 Å². The summed E-state index contributed by atoms with van der Waals surface area (Å²) < 4.78 is 0. The SMILES string of the molecule is NNC(=NC1CC1)N1CCCc2ccccc2C1. The van der Waals surface area contributed by atoms with E-state index < -0.39 is 0 Å². The van der Waals surface area contributed by atoms with Gasteiger partial charge in [0.15, 0.2) is 0 Å². The lowest BCUT2D eigenvalue weighted by molar-refractivity contribution is 0.400. The van der Waals surface area contributed by atoms with Gasteiger partial charge in [0.25, 0.3) is 0 Å². The van der Waals surface area contributed by atoms with Crippen LogP contribution in [0.1, 0.15) is 30.4 Å². The molecular formula is C14H20N4. The minimum Gasteiger partial charge on any atom is -0.338 e. The number of hydrazine groups is 1.